The average Bonchev–Trinajstić information content (AvgIpc) is 3.60. The van der Waals surface area contributed by atoms with Gasteiger partial charge in [-0.25, -0.2) is 24.7 Å². The average molecular weight is 933 g/mol. The smallest absolute Gasteiger partial charge is 0.337 e. The molecule has 5 amide bonds. The van der Waals surface area contributed by atoms with Gasteiger partial charge < -0.3 is 48.6 Å². The van der Waals surface area contributed by atoms with Gasteiger partial charge in [-0.05, 0) is 70.0 Å². The molecule has 0 unspecified atom stereocenters. The number of amides is 5. The number of benzene rings is 3. The molecule has 3 N–H and O–H groups in total. The summed E-state index contributed by atoms with van der Waals surface area (Å²) in [5, 5.41) is 12.0. The van der Waals surface area contributed by atoms with Crippen LogP contribution in [-0.2, 0) is 29.1 Å². The van der Waals surface area contributed by atoms with Crippen LogP contribution in [0.3, 0.4) is 0 Å². The van der Waals surface area contributed by atoms with Gasteiger partial charge in [-0.2, -0.15) is 40.5 Å². The molecule has 5 aliphatic rings. The minimum Gasteiger partial charge on any atom is -0.492 e. The summed E-state index contributed by atoms with van der Waals surface area (Å²) < 4.78 is 26.5. The van der Waals surface area contributed by atoms with Gasteiger partial charge in [0.2, 0.25) is 0 Å². The number of urea groups is 2. The van der Waals surface area contributed by atoms with Crippen molar-refractivity contribution in [1.29, 1.82) is 0 Å². The topological polar surface area (TPSA) is 189 Å². The molecule has 2 fully saturated rings. The van der Waals surface area contributed by atoms with Crippen molar-refractivity contribution >= 4 is 70.4 Å². The van der Waals surface area contributed by atoms with Gasteiger partial charge in [-0.1, -0.05) is 18.2 Å². The molecule has 0 saturated carbocycles. The predicted molar refractivity (Wildman–Crippen MR) is 248 cm³/mol. The molecular weight excluding hydrogens is 873 g/mol. The molecule has 2 saturated heterocycles. The Morgan fingerprint density at radius 1 is 0.619 bits per heavy atom. The van der Waals surface area contributed by atoms with Crippen LogP contribution >= 0.6 is 40.5 Å². The second-order valence-corrected chi connectivity index (χ2v) is 15.3. The number of nitrogens with zero attached hydrogens (tertiary/aromatic N) is 4. The third kappa shape index (κ3) is 12.8. The second kappa shape index (κ2) is 24.2. The van der Waals surface area contributed by atoms with Crippen LogP contribution in [0.1, 0.15) is 81.4 Å². The number of fused-ring (bicyclic) bond motifs is 3. The first kappa shape index (κ1) is 52.3. The van der Waals surface area contributed by atoms with Crippen LogP contribution in [0.2, 0.25) is 0 Å². The Morgan fingerprint density at radius 3 is 1.43 bits per heavy atom. The van der Waals surface area contributed by atoms with Crippen molar-refractivity contribution < 1.29 is 52.9 Å². The standard InChI is InChI=1S/C16H20N2O4.C15H19N3O4.C12H15NO3.3H2S/c1-11-10-22-14-8-12(15(19)21-2)4-5-13(14)9-18(11)16(20)17-6-3-7-17;1-10-9-22-13-7-11(14(19)16-21)3-4-12(13)8-18(10)15(20)17-5-2-6-17;1-8-7-16-11-5-9(12(14)15-2)3-4-10(11)6-13-8;;;/h4-5,8,11H,3,6-7,9-10H2,1-2H3;3-4,7,10,21H,2,5-6,8-9H2,1H3,(H,16,19);3-5,8,13H,6-7H2,1-2H3;3*1H2/t11-;10-;8-;;;/m000.../s1. The first-order valence-electron chi connectivity index (χ1n) is 20.1. The monoisotopic (exact) mass is 932 g/mol. The first-order chi connectivity index (χ1) is 28.9. The molecule has 3 aromatic rings. The Balaban J connectivity index is 0.000000249. The van der Waals surface area contributed by atoms with Crippen molar-refractivity contribution in [3.63, 3.8) is 0 Å². The van der Waals surface area contributed by atoms with Crippen LogP contribution in [-0.4, -0.2) is 133 Å². The number of rotatable bonds is 3. The molecule has 0 aromatic heterocycles. The van der Waals surface area contributed by atoms with E-state index in [1.807, 2.05) is 40.7 Å². The van der Waals surface area contributed by atoms with E-state index in [9.17, 15) is 24.0 Å². The summed E-state index contributed by atoms with van der Waals surface area (Å²) in [6.07, 6.45) is 2.13. The molecule has 0 radical (unpaired) electrons. The summed E-state index contributed by atoms with van der Waals surface area (Å²) in [6, 6.07) is 15.9. The molecule has 20 heteroatoms. The van der Waals surface area contributed by atoms with E-state index in [2.05, 4.69) is 17.0 Å². The number of hydrogen-bond donors (Lipinski definition) is 3. The van der Waals surface area contributed by atoms with E-state index in [4.69, 9.17) is 24.2 Å². The molecule has 0 spiro atoms. The lowest BCUT2D eigenvalue weighted by atomic mass is 10.1. The van der Waals surface area contributed by atoms with Crippen molar-refractivity contribution in [1.82, 2.24) is 30.4 Å². The SMILES string of the molecule is COC(=O)c1ccc2c(c1)OC[C@H](C)N(C(=O)N1CCC1)C2.COC(=O)c1ccc2c(c1)OC[C@H](C)NC2.C[C@H]1COc2cc(C(=O)NO)ccc2CN1C(=O)N1CCC1.S.S.S. The van der Waals surface area contributed by atoms with Crippen LogP contribution in [0.5, 0.6) is 17.2 Å². The number of nitrogens with one attached hydrogen (secondary N) is 2. The number of carbonyl (C=O) groups is 5. The number of likely N-dealkylation sites (tertiary alicyclic amines) is 2. The summed E-state index contributed by atoms with van der Waals surface area (Å²) in [4.78, 5) is 66.7. The number of esters is 2. The molecular formula is C43H60N6O11S3. The van der Waals surface area contributed by atoms with E-state index in [-0.39, 0.29) is 70.6 Å². The number of hydroxylamine groups is 1. The van der Waals surface area contributed by atoms with Crippen molar-refractivity contribution in [2.45, 2.75) is 71.4 Å². The van der Waals surface area contributed by atoms with Gasteiger partial charge in [0.1, 0.15) is 37.1 Å². The predicted octanol–water partition coefficient (Wildman–Crippen LogP) is 4.78. The lowest BCUT2D eigenvalue weighted by molar-refractivity contribution is 0.0591. The summed E-state index contributed by atoms with van der Waals surface area (Å²) in [5.74, 6) is 0.673. The van der Waals surface area contributed by atoms with Gasteiger partial charge in [0.15, 0.2) is 0 Å². The number of carbonyl (C=O) groups excluding carboxylic acids is 5. The van der Waals surface area contributed by atoms with E-state index in [1.54, 1.807) is 52.8 Å². The maximum Gasteiger partial charge on any atom is 0.337 e. The molecule has 5 heterocycles. The Hall–Kier alpha value is -5.02. The third-order valence-electron chi connectivity index (χ3n) is 11.0. The Labute approximate surface area is 388 Å². The summed E-state index contributed by atoms with van der Waals surface area (Å²) >= 11 is 0. The molecule has 0 aliphatic carbocycles. The van der Waals surface area contributed by atoms with Crippen LogP contribution in [0.25, 0.3) is 0 Å². The van der Waals surface area contributed by atoms with Crippen molar-refractivity contribution in [2.75, 3.05) is 60.2 Å². The molecule has 3 atom stereocenters. The van der Waals surface area contributed by atoms with Gasteiger partial charge in [-0.3, -0.25) is 10.0 Å². The zero-order chi connectivity index (χ0) is 42.9. The first-order valence-corrected chi connectivity index (χ1v) is 20.1. The second-order valence-electron chi connectivity index (χ2n) is 15.3. The lowest BCUT2D eigenvalue weighted by Gasteiger charge is -2.37. The molecule has 0 bridgehead atoms. The van der Waals surface area contributed by atoms with Crippen molar-refractivity contribution in [3.05, 3.63) is 88.0 Å². The van der Waals surface area contributed by atoms with E-state index in [0.29, 0.717) is 67.1 Å². The Morgan fingerprint density at radius 2 is 1.02 bits per heavy atom. The zero-order valence-corrected chi connectivity index (χ0v) is 39.2. The third-order valence-corrected chi connectivity index (χ3v) is 11.0. The fraction of sp³-hybridized carbons (Fsp3) is 0.465. The summed E-state index contributed by atoms with van der Waals surface area (Å²) in [6.45, 7) is 12.4. The largest absolute Gasteiger partial charge is 0.492 e. The van der Waals surface area contributed by atoms with E-state index in [0.717, 1.165) is 68.0 Å². The van der Waals surface area contributed by atoms with E-state index >= 15 is 0 Å². The van der Waals surface area contributed by atoms with Crippen molar-refractivity contribution in [2.24, 2.45) is 0 Å². The highest BCUT2D eigenvalue weighted by Crippen LogP contribution is 2.30. The molecule has 17 nitrogen and oxygen atoms in total. The highest BCUT2D eigenvalue weighted by Gasteiger charge is 2.33. The fourth-order valence-electron chi connectivity index (χ4n) is 6.90. The molecule has 5 aliphatic heterocycles. The molecule has 346 valence electrons. The lowest BCUT2D eigenvalue weighted by Crippen LogP contribution is -2.52. The minimum absolute atomic E-state index is 0. The van der Waals surface area contributed by atoms with Gasteiger partial charge in [0.25, 0.3) is 5.91 Å². The van der Waals surface area contributed by atoms with E-state index in [1.165, 1.54) is 14.2 Å². The normalized spacial score (nSPS) is 19.1. The van der Waals surface area contributed by atoms with Crippen LogP contribution < -0.4 is 25.0 Å². The van der Waals surface area contributed by atoms with Gasteiger partial charge in [0.05, 0.1) is 50.5 Å². The minimum atomic E-state index is -0.586. The van der Waals surface area contributed by atoms with Crippen LogP contribution in [0, 0.1) is 0 Å². The maximum atomic E-state index is 12.5. The van der Waals surface area contributed by atoms with Crippen LogP contribution in [0.15, 0.2) is 54.6 Å². The molecule has 63 heavy (non-hydrogen) atoms. The van der Waals surface area contributed by atoms with Gasteiger partial charge >= 0.3 is 24.0 Å². The molecule has 8 rings (SSSR count). The Bertz CT molecular complexity index is 1970. The number of methoxy groups -OCH3 is 2. The fourth-order valence-corrected chi connectivity index (χ4v) is 6.90. The summed E-state index contributed by atoms with van der Waals surface area (Å²) in [5.41, 5.74) is 5.73. The number of hydrogen-bond acceptors (Lipinski definition) is 12. The van der Waals surface area contributed by atoms with Gasteiger partial charge in [0, 0.05) is 61.0 Å². The zero-order valence-electron chi connectivity index (χ0n) is 36.2. The quantitative estimate of drug-likeness (QED) is 0.186. The van der Waals surface area contributed by atoms with Crippen LogP contribution in [0.4, 0.5) is 9.59 Å². The van der Waals surface area contributed by atoms with E-state index < -0.39 is 11.9 Å². The highest BCUT2D eigenvalue weighted by atomic mass is 32.1. The maximum absolute atomic E-state index is 12.5. The summed E-state index contributed by atoms with van der Waals surface area (Å²) in [7, 11) is 2.73. The Kier molecular flexibility index (Phi) is 20.1. The highest BCUT2D eigenvalue weighted by molar-refractivity contribution is 7.59. The molecule has 3 aromatic carbocycles. The van der Waals surface area contributed by atoms with Gasteiger partial charge in [-0.15, -0.1) is 0 Å². The van der Waals surface area contributed by atoms with Crippen molar-refractivity contribution in [3.8, 4) is 17.2 Å². The number of ether oxygens (including phenoxy) is 5.